The van der Waals surface area contributed by atoms with Gasteiger partial charge >= 0.3 is 10.2 Å². The molecule has 0 aliphatic heterocycles. The summed E-state index contributed by atoms with van der Waals surface area (Å²) in [5.41, 5.74) is 2.29. The lowest BCUT2D eigenvalue weighted by atomic mass is 10.1. The summed E-state index contributed by atoms with van der Waals surface area (Å²) >= 11 is 0. The Balaban J connectivity index is 1.89. The summed E-state index contributed by atoms with van der Waals surface area (Å²) in [6.07, 6.45) is 4.88. The lowest BCUT2D eigenvalue weighted by Crippen LogP contribution is -2.28. The summed E-state index contributed by atoms with van der Waals surface area (Å²) < 4.78 is 27.4. The van der Waals surface area contributed by atoms with Gasteiger partial charge in [0.2, 0.25) is 0 Å². The van der Waals surface area contributed by atoms with Crippen molar-refractivity contribution < 1.29 is 8.42 Å². The van der Waals surface area contributed by atoms with Crippen molar-refractivity contribution in [3.05, 3.63) is 24.0 Å². The first kappa shape index (κ1) is 14.3. The predicted molar refractivity (Wildman–Crippen MR) is 83.5 cm³/mol. The Hall–Kier alpha value is -1.60. The number of aromatic nitrogens is 2. The second-order valence-corrected chi connectivity index (χ2v) is 7.61. The Kier molecular flexibility index (Phi) is 3.62. The maximum absolute atomic E-state index is 11.8. The number of nitrogens with zero attached hydrogens (tertiary/aromatic N) is 2. The standard InChI is InChI=1S/C14H20N4O2S/c1-18(2)21(19,20)17-11-7-8-12-13(9-11)16-14(15-12)10-5-3-4-6-10/h7-10,17H,3-6H2,1-2H3,(H,15,16). The summed E-state index contributed by atoms with van der Waals surface area (Å²) in [6, 6.07) is 5.38. The fraction of sp³-hybridized carbons (Fsp3) is 0.500. The molecule has 2 aromatic rings. The zero-order valence-corrected chi connectivity index (χ0v) is 13.1. The number of rotatable bonds is 4. The zero-order chi connectivity index (χ0) is 15.0. The monoisotopic (exact) mass is 308 g/mol. The largest absolute Gasteiger partial charge is 0.342 e. The number of benzene rings is 1. The van der Waals surface area contributed by atoms with Crippen LogP contribution in [0.2, 0.25) is 0 Å². The van der Waals surface area contributed by atoms with Crippen LogP contribution in [0.25, 0.3) is 11.0 Å². The molecular weight excluding hydrogens is 288 g/mol. The lowest BCUT2D eigenvalue weighted by molar-refractivity contribution is 0.527. The van der Waals surface area contributed by atoms with Crippen LogP contribution in [-0.2, 0) is 10.2 Å². The fourth-order valence-electron chi connectivity index (χ4n) is 2.73. The zero-order valence-electron chi connectivity index (χ0n) is 12.3. The molecular formula is C14H20N4O2S. The van der Waals surface area contributed by atoms with E-state index in [9.17, 15) is 8.42 Å². The summed E-state index contributed by atoms with van der Waals surface area (Å²) in [6.45, 7) is 0. The van der Waals surface area contributed by atoms with Gasteiger partial charge in [-0.05, 0) is 31.0 Å². The number of hydrogen-bond donors (Lipinski definition) is 2. The molecule has 114 valence electrons. The molecule has 21 heavy (non-hydrogen) atoms. The van der Waals surface area contributed by atoms with Gasteiger partial charge in [0.25, 0.3) is 0 Å². The Morgan fingerprint density at radius 3 is 2.67 bits per heavy atom. The van der Waals surface area contributed by atoms with E-state index in [1.807, 2.05) is 6.07 Å². The van der Waals surface area contributed by atoms with Crippen molar-refractivity contribution in [2.24, 2.45) is 0 Å². The van der Waals surface area contributed by atoms with Gasteiger partial charge in [0.05, 0.1) is 16.7 Å². The third kappa shape index (κ3) is 2.89. The third-order valence-corrected chi connectivity index (χ3v) is 5.42. The Morgan fingerprint density at radius 1 is 1.29 bits per heavy atom. The number of nitrogens with one attached hydrogen (secondary N) is 2. The number of imidazole rings is 1. The summed E-state index contributed by atoms with van der Waals surface area (Å²) in [4.78, 5) is 7.96. The van der Waals surface area contributed by atoms with Crippen molar-refractivity contribution in [2.75, 3.05) is 18.8 Å². The number of aromatic amines is 1. The minimum absolute atomic E-state index is 0.513. The molecule has 1 fully saturated rings. The second-order valence-electron chi connectivity index (χ2n) is 5.72. The molecule has 2 N–H and O–H groups in total. The van der Waals surface area contributed by atoms with E-state index in [1.165, 1.54) is 39.8 Å². The second kappa shape index (κ2) is 5.31. The molecule has 0 radical (unpaired) electrons. The number of anilines is 1. The van der Waals surface area contributed by atoms with E-state index in [1.54, 1.807) is 12.1 Å². The highest BCUT2D eigenvalue weighted by Gasteiger charge is 2.20. The van der Waals surface area contributed by atoms with Gasteiger partial charge in [-0.15, -0.1) is 0 Å². The first-order valence-corrected chi connectivity index (χ1v) is 8.59. The molecule has 1 aliphatic carbocycles. The van der Waals surface area contributed by atoms with Gasteiger partial charge in [-0.1, -0.05) is 12.8 Å². The molecule has 1 heterocycles. The minimum Gasteiger partial charge on any atom is -0.342 e. The first-order valence-electron chi connectivity index (χ1n) is 7.15. The van der Waals surface area contributed by atoms with Crippen LogP contribution in [0.1, 0.15) is 37.4 Å². The normalized spacial score (nSPS) is 16.9. The molecule has 0 saturated heterocycles. The first-order chi connectivity index (χ1) is 9.95. The number of hydrogen-bond acceptors (Lipinski definition) is 3. The van der Waals surface area contributed by atoms with E-state index < -0.39 is 10.2 Å². The van der Waals surface area contributed by atoms with Gasteiger partial charge in [0, 0.05) is 20.0 Å². The maximum Gasteiger partial charge on any atom is 0.301 e. The van der Waals surface area contributed by atoms with Gasteiger partial charge < -0.3 is 4.98 Å². The van der Waals surface area contributed by atoms with Crippen LogP contribution in [0.3, 0.4) is 0 Å². The van der Waals surface area contributed by atoms with E-state index in [2.05, 4.69) is 14.7 Å². The van der Waals surface area contributed by atoms with Gasteiger partial charge in [-0.3, -0.25) is 4.72 Å². The highest BCUT2D eigenvalue weighted by atomic mass is 32.2. The highest BCUT2D eigenvalue weighted by Crippen LogP contribution is 2.33. The van der Waals surface area contributed by atoms with E-state index in [0.29, 0.717) is 11.6 Å². The van der Waals surface area contributed by atoms with Crippen molar-refractivity contribution in [2.45, 2.75) is 31.6 Å². The quantitative estimate of drug-likeness (QED) is 0.910. The van der Waals surface area contributed by atoms with Crippen molar-refractivity contribution >= 4 is 26.9 Å². The molecule has 1 aromatic carbocycles. The molecule has 0 atom stereocenters. The molecule has 0 unspecified atom stereocenters. The SMILES string of the molecule is CN(C)S(=O)(=O)Nc1ccc2nc(C3CCCC3)[nH]c2c1. The van der Waals surface area contributed by atoms with Crippen molar-refractivity contribution in [3.8, 4) is 0 Å². The maximum atomic E-state index is 11.8. The Labute approximate surface area is 124 Å². The molecule has 0 bridgehead atoms. The Bertz CT molecular complexity index is 745. The lowest BCUT2D eigenvalue weighted by Gasteiger charge is -2.13. The molecule has 3 rings (SSSR count). The molecule has 0 spiro atoms. The molecule has 6 nitrogen and oxygen atoms in total. The molecule has 0 amide bonds. The summed E-state index contributed by atoms with van der Waals surface area (Å²) in [5, 5.41) is 0. The van der Waals surface area contributed by atoms with Crippen LogP contribution < -0.4 is 4.72 Å². The van der Waals surface area contributed by atoms with Crippen LogP contribution in [0.15, 0.2) is 18.2 Å². The van der Waals surface area contributed by atoms with Crippen molar-refractivity contribution in [1.29, 1.82) is 0 Å². The van der Waals surface area contributed by atoms with Crippen molar-refractivity contribution in [3.63, 3.8) is 0 Å². The molecule has 1 aliphatic rings. The van der Waals surface area contributed by atoms with Gasteiger partial charge in [0.15, 0.2) is 0 Å². The fourth-order valence-corrected chi connectivity index (χ4v) is 3.33. The molecule has 1 saturated carbocycles. The van der Waals surface area contributed by atoms with Crippen LogP contribution >= 0.6 is 0 Å². The van der Waals surface area contributed by atoms with Crippen LogP contribution in [0, 0.1) is 0 Å². The smallest absolute Gasteiger partial charge is 0.301 e. The van der Waals surface area contributed by atoms with Crippen LogP contribution in [0.5, 0.6) is 0 Å². The van der Waals surface area contributed by atoms with Gasteiger partial charge in [-0.2, -0.15) is 12.7 Å². The summed E-state index contributed by atoms with van der Waals surface area (Å²) in [7, 11) is -0.489. The predicted octanol–water partition coefficient (Wildman–Crippen LogP) is 2.44. The Morgan fingerprint density at radius 2 is 2.00 bits per heavy atom. The highest BCUT2D eigenvalue weighted by molar-refractivity contribution is 7.90. The molecule has 7 heteroatoms. The number of fused-ring (bicyclic) bond motifs is 1. The topological polar surface area (TPSA) is 78.1 Å². The third-order valence-electron chi connectivity index (χ3n) is 3.97. The average molecular weight is 308 g/mol. The van der Waals surface area contributed by atoms with Crippen LogP contribution in [0.4, 0.5) is 5.69 Å². The van der Waals surface area contributed by atoms with E-state index in [4.69, 9.17) is 0 Å². The van der Waals surface area contributed by atoms with Crippen molar-refractivity contribution in [1.82, 2.24) is 14.3 Å². The van der Waals surface area contributed by atoms with Crippen LogP contribution in [-0.4, -0.2) is 36.8 Å². The van der Waals surface area contributed by atoms with Gasteiger partial charge in [0.1, 0.15) is 5.82 Å². The molecule has 1 aromatic heterocycles. The summed E-state index contributed by atoms with van der Waals surface area (Å²) in [5.74, 6) is 1.54. The van der Waals surface area contributed by atoms with E-state index in [0.717, 1.165) is 21.2 Å². The number of H-pyrrole nitrogens is 1. The van der Waals surface area contributed by atoms with E-state index >= 15 is 0 Å². The van der Waals surface area contributed by atoms with Gasteiger partial charge in [-0.25, -0.2) is 4.98 Å². The van der Waals surface area contributed by atoms with E-state index in [-0.39, 0.29) is 0 Å². The minimum atomic E-state index is -3.48. The average Bonchev–Trinajstić information content (AvgIpc) is 3.06.